The van der Waals surface area contributed by atoms with E-state index in [0.29, 0.717) is 41.7 Å². The Morgan fingerprint density at radius 3 is 2.43 bits per heavy atom. The first-order valence-corrected chi connectivity index (χ1v) is 15.4. The Kier molecular flexibility index (Phi) is 10.5. The second-order valence-corrected chi connectivity index (χ2v) is 11.8. The van der Waals surface area contributed by atoms with Crippen LogP contribution in [-0.2, 0) is 28.7 Å². The maximum absolute atomic E-state index is 14.4. The minimum atomic E-state index is -4.76. The van der Waals surface area contributed by atoms with Gasteiger partial charge in [-0.3, -0.25) is 4.79 Å². The van der Waals surface area contributed by atoms with E-state index in [4.69, 9.17) is 24.3 Å². The van der Waals surface area contributed by atoms with E-state index in [0.717, 1.165) is 22.2 Å². The number of benzene rings is 4. The number of aliphatic imine (C=N–C) groups is 1. The van der Waals surface area contributed by atoms with Gasteiger partial charge in [-0.2, -0.15) is 13.2 Å². The zero-order valence-corrected chi connectivity index (χ0v) is 26.8. The summed E-state index contributed by atoms with van der Waals surface area (Å²) in [6, 6.07) is 23.4. The Hall–Kier alpha value is -4.42. The van der Waals surface area contributed by atoms with Gasteiger partial charge in [-0.25, -0.2) is 9.38 Å². The predicted octanol–water partition coefficient (Wildman–Crippen LogP) is 7.19. The summed E-state index contributed by atoms with van der Waals surface area (Å²) in [5.74, 6) is -0.461. The Morgan fingerprint density at radius 1 is 1.00 bits per heavy atom. The summed E-state index contributed by atoms with van der Waals surface area (Å²) >= 11 is 3.43. The van der Waals surface area contributed by atoms with Crippen LogP contribution in [0.1, 0.15) is 40.3 Å². The summed E-state index contributed by atoms with van der Waals surface area (Å²) in [6.07, 6.45) is -5.23. The van der Waals surface area contributed by atoms with Crippen LogP contribution in [0.2, 0.25) is 0 Å². The first-order chi connectivity index (χ1) is 22.5. The molecule has 0 saturated carbocycles. The number of carbonyl (C=O) groups excluding carboxylic acids is 1. The lowest BCUT2D eigenvalue weighted by Crippen LogP contribution is -2.49. The summed E-state index contributed by atoms with van der Waals surface area (Å²) < 4.78 is 72.8. The fourth-order valence-electron chi connectivity index (χ4n) is 5.25. The molecule has 0 saturated heterocycles. The molecule has 7 nitrogen and oxygen atoms in total. The number of nitrogens with one attached hydrogen (secondary N) is 1. The van der Waals surface area contributed by atoms with Crippen LogP contribution in [0.25, 0.3) is 0 Å². The highest BCUT2D eigenvalue weighted by atomic mass is 79.9. The second kappa shape index (κ2) is 14.6. The van der Waals surface area contributed by atoms with E-state index in [1.54, 1.807) is 48.5 Å². The number of carbonyl (C=O) groups is 1. The van der Waals surface area contributed by atoms with Crippen molar-refractivity contribution in [3.05, 3.63) is 129 Å². The van der Waals surface area contributed by atoms with Gasteiger partial charge in [0.1, 0.15) is 17.3 Å². The van der Waals surface area contributed by atoms with Crippen LogP contribution >= 0.6 is 15.9 Å². The summed E-state index contributed by atoms with van der Waals surface area (Å²) in [5.41, 5.74) is -1.01. The molecular formula is C35H31BrF4N2O5. The van der Waals surface area contributed by atoms with Crippen molar-refractivity contribution in [2.24, 2.45) is 4.99 Å². The molecule has 1 aliphatic heterocycles. The Bertz CT molecular complexity index is 1730. The first-order valence-electron chi connectivity index (χ1n) is 14.6. The van der Waals surface area contributed by atoms with Gasteiger partial charge in [-0.05, 0) is 83.4 Å². The fraction of sp³-hybridized carbons (Fsp3) is 0.257. The highest BCUT2D eigenvalue weighted by Crippen LogP contribution is 2.43. The Labute approximate surface area is 277 Å². The second-order valence-electron chi connectivity index (χ2n) is 10.9. The summed E-state index contributed by atoms with van der Waals surface area (Å²) in [7, 11) is 1.51. The van der Waals surface area contributed by atoms with Crippen molar-refractivity contribution >= 4 is 27.7 Å². The lowest BCUT2D eigenvalue weighted by molar-refractivity contribution is -0.137. The molecule has 0 bridgehead atoms. The number of amides is 1. The third kappa shape index (κ3) is 8.12. The van der Waals surface area contributed by atoms with E-state index in [2.05, 4.69) is 21.2 Å². The van der Waals surface area contributed by atoms with Gasteiger partial charge in [-0.1, -0.05) is 40.2 Å². The molecule has 4 aromatic rings. The normalized spacial score (nSPS) is 17.5. The van der Waals surface area contributed by atoms with Crippen molar-refractivity contribution in [2.45, 2.75) is 37.2 Å². The molecule has 2 atom stereocenters. The molecule has 1 aliphatic rings. The van der Waals surface area contributed by atoms with Gasteiger partial charge in [0.2, 0.25) is 5.90 Å². The molecule has 5 rings (SSSR count). The van der Waals surface area contributed by atoms with Gasteiger partial charge in [0.05, 0.1) is 19.3 Å². The molecule has 4 aromatic carbocycles. The van der Waals surface area contributed by atoms with Crippen LogP contribution in [0.5, 0.6) is 11.5 Å². The third-order valence-electron chi connectivity index (χ3n) is 7.55. The number of hydrogen-bond donors (Lipinski definition) is 2. The zero-order valence-electron chi connectivity index (χ0n) is 25.2. The average Bonchev–Trinajstić information content (AvgIpc) is 3.45. The number of methoxy groups -OCH3 is 1. The highest BCUT2D eigenvalue weighted by molar-refractivity contribution is 9.10. The molecule has 2 N–H and O–H groups in total. The zero-order chi connectivity index (χ0) is 33.6. The summed E-state index contributed by atoms with van der Waals surface area (Å²) in [6.45, 7) is -0.0611. The summed E-state index contributed by atoms with van der Waals surface area (Å²) in [4.78, 5) is 19.3. The third-order valence-corrected chi connectivity index (χ3v) is 8.08. The van der Waals surface area contributed by atoms with E-state index < -0.39 is 41.7 Å². The maximum atomic E-state index is 14.4. The SMILES string of the molecule is COc1cccc([C@H]2OC(c3ccc(OCCCO)cc3)=N[C@@]2(Cc2ccc(Br)cc2)C(=O)NCc2cc(F)cc(C(F)(F)F)c2)c1. The molecular weight excluding hydrogens is 684 g/mol. The van der Waals surface area contributed by atoms with E-state index in [1.807, 2.05) is 24.3 Å². The molecule has 0 aromatic heterocycles. The Balaban J connectivity index is 1.57. The minimum Gasteiger partial charge on any atom is -0.497 e. The van der Waals surface area contributed by atoms with E-state index >= 15 is 0 Å². The van der Waals surface area contributed by atoms with Crippen LogP contribution in [0, 0.1) is 5.82 Å². The van der Waals surface area contributed by atoms with Crippen LogP contribution < -0.4 is 14.8 Å². The number of aliphatic hydroxyl groups excluding tert-OH is 1. The van der Waals surface area contributed by atoms with Gasteiger partial charge < -0.3 is 24.6 Å². The molecule has 0 spiro atoms. The van der Waals surface area contributed by atoms with Crippen LogP contribution in [-0.4, -0.2) is 42.8 Å². The molecule has 12 heteroatoms. The molecule has 246 valence electrons. The predicted molar refractivity (Wildman–Crippen MR) is 171 cm³/mol. The number of aliphatic hydroxyl groups is 1. The molecule has 0 unspecified atom stereocenters. The number of halogens is 5. The number of nitrogens with zero attached hydrogens (tertiary/aromatic N) is 1. The van der Waals surface area contributed by atoms with Crippen molar-refractivity contribution in [1.82, 2.24) is 5.32 Å². The largest absolute Gasteiger partial charge is 0.497 e. The lowest BCUT2D eigenvalue weighted by atomic mass is 9.82. The number of ether oxygens (including phenoxy) is 3. The number of alkyl halides is 3. The smallest absolute Gasteiger partial charge is 0.416 e. The van der Waals surface area contributed by atoms with Crippen molar-refractivity contribution in [2.75, 3.05) is 20.3 Å². The Morgan fingerprint density at radius 2 is 1.74 bits per heavy atom. The van der Waals surface area contributed by atoms with Crippen LogP contribution in [0.3, 0.4) is 0 Å². The van der Waals surface area contributed by atoms with E-state index in [9.17, 15) is 22.4 Å². The van der Waals surface area contributed by atoms with Gasteiger partial charge in [0.15, 0.2) is 11.6 Å². The van der Waals surface area contributed by atoms with E-state index in [-0.39, 0.29) is 24.5 Å². The number of hydrogen-bond acceptors (Lipinski definition) is 6. The van der Waals surface area contributed by atoms with Crippen molar-refractivity contribution < 1.29 is 41.7 Å². The fourth-order valence-corrected chi connectivity index (χ4v) is 5.52. The van der Waals surface area contributed by atoms with Crippen molar-refractivity contribution in [1.29, 1.82) is 0 Å². The average molecular weight is 716 g/mol. The van der Waals surface area contributed by atoms with Gasteiger partial charge in [0.25, 0.3) is 5.91 Å². The maximum Gasteiger partial charge on any atom is 0.416 e. The molecule has 0 fully saturated rings. The highest BCUT2D eigenvalue weighted by Gasteiger charge is 2.53. The molecule has 0 aliphatic carbocycles. The topological polar surface area (TPSA) is 89.4 Å². The molecule has 0 radical (unpaired) electrons. The molecule has 1 amide bonds. The lowest BCUT2D eigenvalue weighted by Gasteiger charge is -2.31. The standard InChI is InChI=1S/C35H31BrF4N2O5/c1-45-30-5-2-4-25(18-30)31-34(20-22-6-10-27(36)11-7-22,33(44)41-21-23-16-26(35(38,39)40)19-28(37)17-23)42-32(47-31)24-8-12-29(13-9-24)46-15-3-14-43/h2,4-13,16-19,31,43H,3,14-15,20-21H2,1H3,(H,41,44)/t31-,34-/m1/s1. The molecule has 47 heavy (non-hydrogen) atoms. The van der Waals surface area contributed by atoms with Crippen LogP contribution in [0.4, 0.5) is 17.6 Å². The van der Waals surface area contributed by atoms with Crippen molar-refractivity contribution in [3.8, 4) is 11.5 Å². The van der Waals surface area contributed by atoms with Crippen molar-refractivity contribution in [3.63, 3.8) is 0 Å². The monoisotopic (exact) mass is 714 g/mol. The quantitative estimate of drug-likeness (QED) is 0.120. The van der Waals surface area contributed by atoms with E-state index in [1.165, 1.54) is 7.11 Å². The van der Waals surface area contributed by atoms with Crippen LogP contribution in [0.15, 0.2) is 100 Å². The summed E-state index contributed by atoms with van der Waals surface area (Å²) in [5, 5.41) is 11.8. The van der Waals surface area contributed by atoms with Gasteiger partial charge in [0, 0.05) is 36.0 Å². The van der Waals surface area contributed by atoms with Gasteiger partial charge >= 0.3 is 6.18 Å². The first kappa shape index (κ1) is 33.9. The van der Waals surface area contributed by atoms with Gasteiger partial charge in [-0.15, -0.1) is 0 Å². The number of rotatable bonds is 12. The molecule has 1 heterocycles. The minimum absolute atomic E-state index is 0.000389.